The van der Waals surface area contributed by atoms with E-state index in [4.69, 9.17) is 9.90 Å². The first kappa shape index (κ1) is 43.7. The highest BCUT2D eigenvalue weighted by Gasteiger charge is 2.48. The van der Waals surface area contributed by atoms with Crippen LogP contribution in [-0.4, -0.2) is 116 Å². The number of hydrazine groups is 1. The molecule has 2 N–H and O–H groups in total. The van der Waals surface area contributed by atoms with Crippen molar-refractivity contribution in [3.8, 4) is 16.9 Å². The van der Waals surface area contributed by atoms with Crippen LogP contribution < -0.4 is 20.6 Å². The molecule has 7 rings (SSSR count). The predicted octanol–water partition coefficient (Wildman–Crippen LogP) is 5.43. The lowest BCUT2D eigenvalue weighted by Crippen LogP contribution is -2.61. The van der Waals surface area contributed by atoms with Crippen LogP contribution in [0.25, 0.3) is 21.9 Å². The summed E-state index contributed by atoms with van der Waals surface area (Å²) in [6.07, 6.45) is -2.89. The maximum Gasteiger partial charge on any atom is 0.573 e. The molecule has 14 nitrogen and oxygen atoms in total. The monoisotopic (exact) mass is 854 g/mol. The van der Waals surface area contributed by atoms with Gasteiger partial charge in [-0.2, -0.15) is 18.2 Å². The fourth-order valence-electron chi connectivity index (χ4n) is 7.36. The lowest BCUT2D eigenvalue weighted by molar-refractivity contribution is -0.275. The highest BCUT2D eigenvalue weighted by Crippen LogP contribution is 2.37. The van der Waals surface area contributed by atoms with E-state index in [0.29, 0.717) is 60.3 Å². The molecule has 3 aliphatic heterocycles. The van der Waals surface area contributed by atoms with Crippen LogP contribution in [0.4, 0.5) is 46.6 Å². The molecule has 1 aromatic carbocycles. The summed E-state index contributed by atoms with van der Waals surface area (Å²) in [5.41, 5.74) is 4.18. The van der Waals surface area contributed by atoms with E-state index < -0.39 is 42.8 Å². The quantitative estimate of drug-likeness (QED) is 0.172. The number of carbonyl (C=O) groups is 3. The topological polar surface area (TPSA) is 153 Å². The fourth-order valence-corrected chi connectivity index (χ4v) is 7.36. The van der Waals surface area contributed by atoms with Gasteiger partial charge in [-0.3, -0.25) is 34.6 Å². The summed E-state index contributed by atoms with van der Waals surface area (Å²) in [5.74, 6) is -6.68. The number of nitrogens with zero attached hydrogens (tertiary/aromatic N) is 7. The molecule has 3 aliphatic rings. The van der Waals surface area contributed by atoms with Crippen molar-refractivity contribution in [2.24, 2.45) is 7.05 Å². The third-order valence-electron chi connectivity index (χ3n) is 10.2. The lowest BCUT2D eigenvalue weighted by Gasteiger charge is -2.46. The van der Waals surface area contributed by atoms with E-state index in [1.165, 1.54) is 47.2 Å². The van der Waals surface area contributed by atoms with Crippen LogP contribution in [0.5, 0.6) is 5.75 Å². The van der Waals surface area contributed by atoms with E-state index in [2.05, 4.69) is 20.1 Å². The Balaban J connectivity index is 0.000000793. The van der Waals surface area contributed by atoms with Gasteiger partial charge in [-0.25, -0.2) is 18.6 Å². The van der Waals surface area contributed by atoms with Crippen molar-refractivity contribution >= 4 is 40.1 Å². The first-order chi connectivity index (χ1) is 28.2. The second-order valence-electron chi connectivity index (χ2n) is 14.3. The Morgan fingerprint density at radius 1 is 0.933 bits per heavy atom. The second-order valence-corrected chi connectivity index (χ2v) is 14.3. The summed E-state index contributed by atoms with van der Waals surface area (Å²) < 4.78 is 110. The van der Waals surface area contributed by atoms with Crippen LogP contribution in [0, 0.1) is 0 Å². The van der Waals surface area contributed by atoms with Gasteiger partial charge >= 0.3 is 18.5 Å². The van der Waals surface area contributed by atoms with Crippen molar-refractivity contribution < 1.29 is 59.4 Å². The Hall–Kier alpha value is -5.90. The molecule has 22 heteroatoms. The zero-order valence-corrected chi connectivity index (χ0v) is 31.8. The molecule has 3 aromatic heterocycles. The fraction of sp³-hybridized carbons (Fsp3) is 0.421. The van der Waals surface area contributed by atoms with Gasteiger partial charge in [0.1, 0.15) is 11.6 Å². The summed E-state index contributed by atoms with van der Waals surface area (Å²) in [4.78, 5) is 59.3. The van der Waals surface area contributed by atoms with Crippen LogP contribution >= 0.6 is 0 Å². The highest BCUT2D eigenvalue weighted by molar-refractivity contribution is 5.98. The maximum absolute atomic E-state index is 15.8. The molecule has 4 aromatic rings. The van der Waals surface area contributed by atoms with E-state index in [0.717, 1.165) is 10.7 Å². The Labute approximate surface area is 335 Å². The molecular weight excluding hydrogens is 816 g/mol. The first-order valence-corrected chi connectivity index (χ1v) is 18.5. The molecule has 2 amide bonds. The number of benzene rings is 1. The Morgan fingerprint density at radius 3 is 2.22 bits per heavy atom. The largest absolute Gasteiger partial charge is 0.573 e. The number of nitrogens with one attached hydrogen (secondary N) is 1. The first-order valence-electron chi connectivity index (χ1n) is 18.5. The minimum absolute atomic E-state index is 0.105. The number of halogens is 8. The number of anilines is 2. The summed E-state index contributed by atoms with van der Waals surface area (Å²) in [6.45, 7) is 1.11. The number of amides is 2. The molecule has 6 heterocycles. The SMILES string of the molecule is Cn1cc(-c2ccc(CN3CCC(N4CCN(c5ccc(NN6C(=O)CCCC6=O)nc5)CC4)C(F)(F)C3)c(OC(F)(F)F)c2)c2ccncc2c1=O.O=C(O)C(F)(F)F. The van der Waals surface area contributed by atoms with Crippen LogP contribution in [0.15, 0.2) is 66.0 Å². The third kappa shape index (κ3) is 10.3. The van der Waals surface area contributed by atoms with Crippen LogP contribution in [0.3, 0.4) is 0 Å². The molecule has 0 spiro atoms. The average molecular weight is 855 g/mol. The van der Waals surface area contributed by atoms with E-state index in [1.807, 2.05) is 4.90 Å². The van der Waals surface area contributed by atoms with Crippen LogP contribution in [0.2, 0.25) is 0 Å². The van der Waals surface area contributed by atoms with Gasteiger partial charge in [0.25, 0.3) is 11.5 Å². The minimum Gasteiger partial charge on any atom is -0.475 e. The zero-order valence-electron chi connectivity index (χ0n) is 31.8. The number of carboxylic acids is 1. The van der Waals surface area contributed by atoms with E-state index in [-0.39, 0.29) is 55.3 Å². The van der Waals surface area contributed by atoms with E-state index in [1.54, 1.807) is 35.4 Å². The number of hydrogen-bond donors (Lipinski definition) is 2. The Kier molecular flexibility index (Phi) is 12.6. The number of rotatable bonds is 8. The van der Waals surface area contributed by atoms with Gasteiger partial charge in [0, 0.05) is 88.9 Å². The number of fused-ring (bicyclic) bond motifs is 1. The molecule has 3 saturated heterocycles. The molecule has 3 fully saturated rings. The number of aryl methyl sites for hydroxylation is 1. The smallest absolute Gasteiger partial charge is 0.475 e. The summed E-state index contributed by atoms with van der Waals surface area (Å²) >= 11 is 0. The van der Waals surface area contributed by atoms with Crippen LogP contribution in [0.1, 0.15) is 31.2 Å². The Bertz CT molecular complexity index is 2260. The normalized spacial score (nSPS) is 19.2. The molecule has 0 radical (unpaired) electrons. The minimum atomic E-state index is -5.08. The van der Waals surface area contributed by atoms with Crippen molar-refractivity contribution in [3.63, 3.8) is 0 Å². The van der Waals surface area contributed by atoms with Gasteiger partial charge in [0.05, 0.1) is 29.9 Å². The van der Waals surface area contributed by atoms with Gasteiger partial charge in [-0.05, 0) is 48.1 Å². The number of likely N-dealkylation sites (tertiary alicyclic amines) is 1. The standard InChI is InChI=1S/C36H37F5N8O4.C2HF3O2/c1-45-21-28(26-9-11-42-19-27(26)34(45)52)23-5-6-24(29(17-23)53-36(39,40)41)20-46-12-10-30(35(37,38)22-46)48-15-13-47(14-16-48)25-7-8-31(43-18-25)44-49-32(50)3-2-4-33(49)51;3-2(4,5)1(6)7/h5-9,11,17-19,21,30H,2-4,10,12-16,20,22H2,1H3,(H,43,44);(H,6,7). The molecular formula is C38H38F8N8O6. The molecule has 60 heavy (non-hydrogen) atoms. The summed E-state index contributed by atoms with van der Waals surface area (Å²) in [6, 6.07) is 8.29. The van der Waals surface area contributed by atoms with Crippen molar-refractivity contribution in [1.29, 1.82) is 0 Å². The van der Waals surface area contributed by atoms with Gasteiger partial charge in [0.2, 0.25) is 11.8 Å². The van der Waals surface area contributed by atoms with E-state index in [9.17, 15) is 40.7 Å². The number of carboxylic acid groups (broad SMARTS) is 1. The Morgan fingerprint density at radius 2 is 1.62 bits per heavy atom. The number of imide groups is 1. The number of piperazine rings is 1. The number of piperidine rings is 2. The van der Waals surface area contributed by atoms with Gasteiger partial charge in [0.15, 0.2) is 0 Å². The second kappa shape index (κ2) is 17.4. The summed E-state index contributed by atoms with van der Waals surface area (Å²) in [5, 5.41) is 8.91. The molecule has 0 saturated carbocycles. The van der Waals surface area contributed by atoms with E-state index >= 15 is 8.78 Å². The van der Waals surface area contributed by atoms with Crippen LogP contribution in [-0.2, 0) is 28.0 Å². The van der Waals surface area contributed by atoms with Crippen molar-refractivity contribution in [2.45, 2.75) is 56.7 Å². The van der Waals surface area contributed by atoms with Gasteiger partial charge in [-0.15, -0.1) is 13.2 Å². The number of aliphatic carboxylic acids is 1. The van der Waals surface area contributed by atoms with Gasteiger partial charge < -0.3 is 19.3 Å². The maximum atomic E-state index is 15.8. The number of ether oxygens (including phenoxy) is 1. The highest BCUT2D eigenvalue weighted by atomic mass is 19.4. The molecule has 1 atom stereocenters. The number of pyridine rings is 3. The molecule has 0 aliphatic carbocycles. The van der Waals surface area contributed by atoms with Gasteiger partial charge in [-0.1, -0.05) is 12.1 Å². The molecule has 322 valence electrons. The van der Waals surface area contributed by atoms with Crippen molar-refractivity contribution in [3.05, 3.63) is 77.1 Å². The number of hydrogen-bond acceptors (Lipinski definition) is 11. The van der Waals surface area contributed by atoms with Crippen molar-refractivity contribution in [1.82, 2.24) is 29.3 Å². The summed E-state index contributed by atoms with van der Waals surface area (Å²) in [7, 11) is 1.53. The number of alkyl halides is 8. The molecule has 1 unspecified atom stereocenters. The number of carbonyl (C=O) groups excluding carboxylic acids is 2. The van der Waals surface area contributed by atoms with Crippen molar-refractivity contribution in [2.75, 3.05) is 49.6 Å². The average Bonchev–Trinajstić information content (AvgIpc) is 3.18. The lowest BCUT2D eigenvalue weighted by atomic mass is 9.96. The molecule has 0 bridgehead atoms. The predicted molar refractivity (Wildman–Crippen MR) is 199 cm³/mol. The zero-order chi connectivity index (χ0) is 43.6. The number of aromatic nitrogens is 3. The third-order valence-corrected chi connectivity index (χ3v) is 10.2.